The number of likely N-dealkylation sites (tertiary alicyclic amines) is 1. The Labute approximate surface area is 164 Å². The summed E-state index contributed by atoms with van der Waals surface area (Å²) in [5, 5.41) is 8.03. The van der Waals surface area contributed by atoms with Gasteiger partial charge in [0.05, 0.1) is 6.04 Å². The summed E-state index contributed by atoms with van der Waals surface area (Å²) in [7, 11) is 2.03. The maximum atomic E-state index is 12.5. The Balaban J connectivity index is 1.40. The van der Waals surface area contributed by atoms with Crippen molar-refractivity contribution in [2.75, 3.05) is 13.6 Å². The fourth-order valence-corrected chi connectivity index (χ4v) is 4.29. The zero-order valence-electron chi connectivity index (χ0n) is 15.5. The molecule has 1 aliphatic carbocycles. The minimum atomic E-state index is 0.0233. The van der Waals surface area contributed by atoms with E-state index in [4.69, 9.17) is 16.1 Å². The molecule has 144 valence electrons. The van der Waals surface area contributed by atoms with E-state index in [1.165, 1.54) is 19.3 Å². The van der Waals surface area contributed by atoms with Crippen molar-refractivity contribution in [3.63, 3.8) is 0 Å². The predicted molar refractivity (Wildman–Crippen MR) is 103 cm³/mol. The molecule has 0 radical (unpaired) electrons. The highest BCUT2D eigenvalue weighted by molar-refractivity contribution is 6.30. The Morgan fingerprint density at radius 3 is 2.70 bits per heavy atom. The van der Waals surface area contributed by atoms with Crippen LogP contribution in [0, 0.1) is 5.92 Å². The molecule has 7 heteroatoms. The van der Waals surface area contributed by atoms with Crippen molar-refractivity contribution in [1.29, 1.82) is 0 Å². The second-order valence-electron chi connectivity index (χ2n) is 7.69. The van der Waals surface area contributed by atoms with E-state index in [0.29, 0.717) is 16.7 Å². The number of nitrogens with zero attached hydrogens (tertiary/aromatic N) is 3. The van der Waals surface area contributed by atoms with Crippen LogP contribution in [0.5, 0.6) is 0 Å². The average Bonchev–Trinajstić information content (AvgIpc) is 3.30. The van der Waals surface area contributed by atoms with Gasteiger partial charge in [-0.15, -0.1) is 0 Å². The molecule has 0 bridgehead atoms. The van der Waals surface area contributed by atoms with Gasteiger partial charge in [0.15, 0.2) is 0 Å². The SMILES string of the molecule is CN1CC(NC(=O)C2CCCCC2)CC1c1nc(-c2ccc(Cl)cc2)no1. The van der Waals surface area contributed by atoms with E-state index in [-0.39, 0.29) is 23.9 Å². The number of benzene rings is 1. The fourth-order valence-electron chi connectivity index (χ4n) is 4.16. The summed E-state index contributed by atoms with van der Waals surface area (Å²) < 4.78 is 5.52. The van der Waals surface area contributed by atoms with E-state index in [1.54, 1.807) is 0 Å². The highest BCUT2D eigenvalue weighted by Gasteiger charge is 2.36. The van der Waals surface area contributed by atoms with Gasteiger partial charge < -0.3 is 9.84 Å². The van der Waals surface area contributed by atoms with Crippen molar-refractivity contribution in [2.24, 2.45) is 5.92 Å². The van der Waals surface area contributed by atoms with Crippen LogP contribution in [0.15, 0.2) is 28.8 Å². The summed E-state index contributed by atoms with van der Waals surface area (Å²) in [6.45, 7) is 0.793. The quantitative estimate of drug-likeness (QED) is 0.861. The molecule has 1 saturated carbocycles. The lowest BCUT2D eigenvalue weighted by molar-refractivity contribution is -0.126. The maximum Gasteiger partial charge on any atom is 0.244 e. The number of hydrogen-bond donors (Lipinski definition) is 1. The molecule has 1 saturated heterocycles. The number of amides is 1. The van der Waals surface area contributed by atoms with Crippen LogP contribution < -0.4 is 5.32 Å². The topological polar surface area (TPSA) is 71.3 Å². The fraction of sp³-hybridized carbons (Fsp3) is 0.550. The summed E-state index contributed by atoms with van der Waals surface area (Å²) in [6.07, 6.45) is 6.42. The zero-order chi connectivity index (χ0) is 18.8. The molecule has 27 heavy (non-hydrogen) atoms. The van der Waals surface area contributed by atoms with Gasteiger partial charge in [0.1, 0.15) is 0 Å². The van der Waals surface area contributed by atoms with E-state index in [1.807, 2.05) is 31.3 Å². The van der Waals surface area contributed by atoms with Gasteiger partial charge >= 0.3 is 0 Å². The first-order valence-corrected chi connectivity index (χ1v) is 10.1. The van der Waals surface area contributed by atoms with Gasteiger partial charge in [0.25, 0.3) is 0 Å². The Bertz CT molecular complexity index is 786. The molecule has 1 aromatic heterocycles. The Morgan fingerprint density at radius 1 is 1.22 bits per heavy atom. The van der Waals surface area contributed by atoms with Gasteiger partial charge in [0.2, 0.25) is 17.6 Å². The standard InChI is InChI=1S/C20H25ClN4O2/c1-25-12-16(22-19(26)14-5-3-2-4-6-14)11-17(25)20-23-18(24-27-20)13-7-9-15(21)10-8-13/h7-10,14,16-17H,2-6,11-12H2,1H3,(H,22,26). The third kappa shape index (κ3) is 4.17. The van der Waals surface area contributed by atoms with Crippen LogP contribution in [0.2, 0.25) is 5.02 Å². The molecule has 1 amide bonds. The Hall–Kier alpha value is -1.92. The van der Waals surface area contributed by atoms with Crippen LogP contribution in [0.3, 0.4) is 0 Å². The molecular formula is C20H25ClN4O2. The predicted octanol–water partition coefficient (Wildman–Crippen LogP) is 3.83. The van der Waals surface area contributed by atoms with Crippen LogP contribution in [0.4, 0.5) is 0 Å². The van der Waals surface area contributed by atoms with E-state index >= 15 is 0 Å². The van der Waals surface area contributed by atoms with Crippen molar-refractivity contribution in [2.45, 2.75) is 50.6 Å². The van der Waals surface area contributed by atoms with Crippen molar-refractivity contribution >= 4 is 17.5 Å². The largest absolute Gasteiger partial charge is 0.352 e. The van der Waals surface area contributed by atoms with E-state index in [0.717, 1.165) is 31.4 Å². The lowest BCUT2D eigenvalue weighted by Crippen LogP contribution is -2.40. The molecule has 1 aliphatic heterocycles. The molecule has 2 unspecified atom stereocenters. The second-order valence-corrected chi connectivity index (χ2v) is 8.13. The van der Waals surface area contributed by atoms with Crippen LogP contribution in [0.1, 0.15) is 50.5 Å². The van der Waals surface area contributed by atoms with Crippen molar-refractivity contribution in [3.05, 3.63) is 35.2 Å². The number of rotatable bonds is 4. The minimum Gasteiger partial charge on any atom is -0.352 e. The first-order chi connectivity index (χ1) is 13.1. The van der Waals surface area contributed by atoms with Crippen molar-refractivity contribution in [1.82, 2.24) is 20.4 Å². The van der Waals surface area contributed by atoms with E-state index in [2.05, 4.69) is 20.4 Å². The number of carbonyl (C=O) groups is 1. The van der Waals surface area contributed by atoms with Gasteiger partial charge in [-0.3, -0.25) is 9.69 Å². The number of nitrogens with one attached hydrogen (secondary N) is 1. The van der Waals surface area contributed by atoms with Crippen molar-refractivity contribution < 1.29 is 9.32 Å². The molecule has 2 fully saturated rings. The molecule has 2 atom stereocenters. The zero-order valence-corrected chi connectivity index (χ0v) is 16.3. The highest BCUT2D eigenvalue weighted by Crippen LogP contribution is 2.32. The molecule has 0 spiro atoms. The molecule has 2 aromatic rings. The molecule has 2 aliphatic rings. The summed E-state index contributed by atoms with van der Waals surface area (Å²) in [5.74, 6) is 1.55. The monoisotopic (exact) mass is 388 g/mol. The van der Waals surface area contributed by atoms with Gasteiger partial charge in [-0.25, -0.2) is 0 Å². The Kier molecular flexibility index (Phi) is 5.45. The van der Waals surface area contributed by atoms with Crippen LogP contribution in [-0.2, 0) is 4.79 Å². The minimum absolute atomic E-state index is 0.0233. The molecule has 6 nitrogen and oxygen atoms in total. The second kappa shape index (κ2) is 7.98. The average molecular weight is 389 g/mol. The normalized spacial score (nSPS) is 24.2. The molecule has 2 heterocycles. The lowest BCUT2D eigenvalue weighted by atomic mass is 9.88. The van der Waals surface area contributed by atoms with Crippen LogP contribution in [0.25, 0.3) is 11.4 Å². The van der Waals surface area contributed by atoms with Gasteiger partial charge in [-0.1, -0.05) is 36.0 Å². The van der Waals surface area contributed by atoms with Crippen LogP contribution in [-0.4, -0.2) is 40.6 Å². The summed E-state index contributed by atoms with van der Waals surface area (Å²) in [5.41, 5.74) is 0.872. The van der Waals surface area contributed by atoms with E-state index < -0.39 is 0 Å². The highest BCUT2D eigenvalue weighted by atomic mass is 35.5. The van der Waals surface area contributed by atoms with Gasteiger partial charge in [0, 0.05) is 29.1 Å². The maximum absolute atomic E-state index is 12.5. The number of likely N-dealkylation sites (N-methyl/N-ethyl adjacent to an activating group) is 1. The summed E-state index contributed by atoms with van der Waals surface area (Å²) >= 11 is 5.94. The molecular weight excluding hydrogens is 364 g/mol. The smallest absolute Gasteiger partial charge is 0.244 e. The lowest BCUT2D eigenvalue weighted by Gasteiger charge is -2.22. The summed E-state index contributed by atoms with van der Waals surface area (Å²) in [6, 6.07) is 7.53. The van der Waals surface area contributed by atoms with E-state index in [9.17, 15) is 4.79 Å². The third-order valence-electron chi connectivity index (χ3n) is 5.70. The Morgan fingerprint density at radius 2 is 1.96 bits per heavy atom. The van der Waals surface area contributed by atoms with Crippen LogP contribution >= 0.6 is 11.6 Å². The first-order valence-electron chi connectivity index (χ1n) is 9.70. The molecule has 1 aromatic carbocycles. The number of hydrogen-bond acceptors (Lipinski definition) is 5. The third-order valence-corrected chi connectivity index (χ3v) is 5.95. The molecule has 4 rings (SSSR count). The van der Waals surface area contributed by atoms with Gasteiger partial charge in [-0.2, -0.15) is 4.98 Å². The number of aromatic nitrogens is 2. The van der Waals surface area contributed by atoms with Crippen molar-refractivity contribution in [3.8, 4) is 11.4 Å². The number of halogens is 1. The molecule has 1 N–H and O–H groups in total. The number of carbonyl (C=O) groups excluding carboxylic acids is 1. The van der Waals surface area contributed by atoms with Gasteiger partial charge in [-0.05, 0) is 50.6 Å². The summed E-state index contributed by atoms with van der Waals surface area (Å²) in [4.78, 5) is 19.3. The first kappa shape index (κ1) is 18.4.